The van der Waals surface area contributed by atoms with Gasteiger partial charge in [0, 0.05) is 29.8 Å². The average Bonchev–Trinajstić information content (AvgIpc) is 2.38. The second-order valence-electron chi connectivity index (χ2n) is 5.78. The van der Waals surface area contributed by atoms with Gasteiger partial charge in [-0.2, -0.15) is 11.8 Å². The van der Waals surface area contributed by atoms with E-state index in [0.717, 1.165) is 30.5 Å². The highest BCUT2D eigenvalue weighted by Gasteiger charge is 2.35. The van der Waals surface area contributed by atoms with Crippen LogP contribution in [0, 0.1) is 0 Å². The molecule has 0 aliphatic heterocycles. The van der Waals surface area contributed by atoms with E-state index in [9.17, 15) is 0 Å². The summed E-state index contributed by atoms with van der Waals surface area (Å²) in [6, 6.07) is 2.02. The van der Waals surface area contributed by atoms with Crippen LogP contribution in [-0.2, 0) is 0 Å². The normalized spacial score (nSPS) is 16.9. The lowest BCUT2D eigenvalue weighted by Crippen LogP contribution is -2.40. The average molecular weight is 294 g/mol. The van der Waals surface area contributed by atoms with E-state index < -0.39 is 0 Å². The summed E-state index contributed by atoms with van der Waals surface area (Å²) in [6.07, 6.45) is 6.18. The van der Waals surface area contributed by atoms with Crippen molar-refractivity contribution >= 4 is 23.4 Å². The van der Waals surface area contributed by atoms with E-state index >= 15 is 0 Å². The first-order valence-corrected chi connectivity index (χ1v) is 8.73. The Morgan fingerprint density at radius 1 is 1.25 bits per heavy atom. The maximum absolute atomic E-state index is 4.64. The molecule has 0 bridgehead atoms. The molecule has 0 atom stereocenters. The van der Waals surface area contributed by atoms with Gasteiger partial charge in [-0.3, -0.25) is 0 Å². The van der Waals surface area contributed by atoms with Crippen LogP contribution in [0.15, 0.2) is 6.07 Å². The van der Waals surface area contributed by atoms with Gasteiger partial charge < -0.3 is 10.6 Å². The summed E-state index contributed by atoms with van der Waals surface area (Å²) in [5, 5.41) is 6.81. The molecule has 1 saturated carbocycles. The molecule has 1 aliphatic rings. The molecule has 112 valence electrons. The number of hydrogen-bond donors (Lipinski definition) is 2. The van der Waals surface area contributed by atoms with Crippen molar-refractivity contribution in [1.29, 1.82) is 0 Å². The molecule has 4 nitrogen and oxygen atoms in total. The minimum Gasteiger partial charge on any atom is -0.370 e. The number of thioether (sulfide) groups is 1. The molecule has 1 aromatic rings. The van der Waals surface area contributed by atoms with Crippen molar-refractivity contribution in [3.8, 4) is 0 Å². The lowest BCUT2D eigenvalue weighted by Gasteiger charge is -2.40. The van der Waals surface area contributed by atoms with Crippen LogP contribution in [0.25, 0.3) is 0 Å². The highest BCUT2D eigenvalue weighted by atomic mass is 32.2. The maximum atomic E-state index is 4.64. The summed E-state index contributed by atoms with van der Waals surface area (Å²) in [5.41, 5.74) is 0. The van der Waals surface area contributed by atoms with Crippen LogP contribution in [0.5, 0.6) is 0 Å². The van der Waals surface area contributed by atoms with Crippen LogP contribution in [0.1, 0.15) is 51.8 Å². The van der Waals surface area contributed by atoms with Gasteiger partial charge in [-0.25, -0.2) is 9.97 Å². The molecule has 0 saturated heterocycles. The van der Waals surface area contributed by atoms with Crippen LogP contribution in [-0.4, -0.2) is 34.1 Å². The van der Waals surface area contributed by atoms with Crippen molar-refractivity contribution in [3.63, 3.8) is 0 Å². The van der Waals surface area contributed by atoms with E-state index in [-0.39, 0.29) is 0 Å². The van der Waals surface area contributed by atoms with E-state index in [1.165, 1.54) is 19.3 Å². The molecule has 5 heteroatoms. The van der Waals surface area contributed by atoms with Gasteiger partial charge in [0.1, 0.15) is 17.5 Å². The molecular formula is C15H26N4S. The number of aromatic nitrogens is 2. The first-order chi connectivity index (χ1) is 9.58. The van der Waals surface area contributed by atoms with Crippen molar-refractivity contribution in [3.05, 3.63) is 11.9 Å². The molecule has 0 spiro atoms. The molecule has 1 heterocycles. The standard InChI is InChI=1S/C15H26N4S/c1-5-16-12-9-13(19-14(18-12)11(2)3)17-10-15(20-4)7-6-8-15/h9,11H,5-8,10H2,1-4H3,(H2,16,17,18,19). The largest absolute Gasteiger partial charge is 0.370 e. The summed E-state index contributed by atoms with van der Waals surface area (Å²) in [5.74, 6) is 3.10. The first-order valence-electron chi connectivity index (χ1n) is 7.50. The van der Waals surface area contributed by atoms with Crippen molar-refractivity contribution in [2.75, 3.05) is 30.0 Å². The Hall–Kier alpha value is -0.970. The molecule has 0 unspecified atom stereocenters. The summed E-state index contributed by atoms with van der Waals surface area (Å²) >= 11 is 1.98. The first kappa shape index (κ1) is 15.4. The number of nitrogens with one attached hydrogen (secondary N) is 2. The Kier molecular flexibility index (Phi) is 5.13. The van der Waals surface area contributed by atoms with Gasteiger partial charge in [0.05, 0.1) is 0 Å². The second kappa shape index (κ2) is 6.66. The number of nitrogens with zero attached hydrogens (tertiary/aromatic N) is 2. The SMILES string of the molecule is CCNc1cc(NCC2(SC)CCC2)nc(C(C)C)n1. The van der Waals surface area contributed by atoms with Crippen molar-refractivity contribution in [2.24, 2.45) is 0 Å². The second-order valence-corrected chi connectivity index (χ2v) is 7.05. The highest BCUT2D eigenvalue weighted by Crippen LogP contribution is 2.42. The van der Waals surface area contributed by atoms with Gasteiger partial charge in [0.15, 0.2) is 0 Å². The van der Waals surface area contributed by atoms with Gasteiger partial charge in [0.2, 0.25) is 0 Å². The van der Waals surface area contributed by atoms with Gasteiger partial charge in [-0.15, -0.1) is 0 Å². The summed E-state index contributed by atoms with van der Waals surface area (Å²) in [6.45, 7) is 8.21. The van der Waals surface area contributed by atoms with Crippen LogP contribution in [0.3, 0.4) is 0 Å². The minimum absolute atomic E-state index is 0.340. The predicted molar refractivity (Wildman–Crippen MR) is 88.9 cm³/mol. The Bertz CT molecular complexity index is 438. The van der Waals surface area contributed by atoms with Crippen molar-refractivity contribution in [1.82, 2.24) is 9.97 Å². The third-order valence-electron chi connectivity index (χ3n) is 3.91. The van der Waals surface area contributed by atoms with Crippen molar-refractivity contribution < 1.29 is 0 Å². The van der Waals surface area contributed by atoms with Gasteiger partial charge in [0.25, 0.3) is 0 Å². The quantitative estimate of drug-likeness (QED) is 0.802. The molecule has 20 heavy (non-hydrogen) atoms. The van der Waals surface area contributed by atoms with E-state index in [1.807, 2.05) is 17.8 Å². The molecule has 0 aromatic carbocycles. The summed E-state index contributed by atoms with van der Waals surface area (Å²) < 4.78 is 0.418. The highest BCUT2D eigenvalue weighted by molar-refractivity contribution is 8.00. The fraction of sp³-hybridized carbons (Fsp3) is 0.733. The molecule has 2 N–H and O–H groups in total. The zero-order chi connectivity index (χ0) is 14.6. The Morgan fingerprint density at radius 2 is 1.90 bits per heavy atom. The summed E-state index contributed by atoms with van der Waals surface area (Å²) in [7, 11) is 0. The molecule has 1 aromatic heterocycles. The molecule has 1 fully saturated rings. The van der Waals surface area contributed by atoms with E-state index in [1.54, 1.807) is 0 Å². The summed E-state index contributed by atoms with van der Waals surface area (Å²) in [4.78, 5) is 9.19. The van der Waals surface area contributed by atoms with Gasteiger partial charge in [-0.05, 0) is 26.0 Å². The lowest BCUT2D eigenvalue weighted by molar-refractivity contribution is 0.379. The lowest BCUT2D eigenvalue weighted by atomic mass is 9.84. The minimum atomic E-state index is 0.340. The van der Waals surface area contributed by atoms with E-state index in [4.69, 9.17) is 0 Å². The number of rotatable bonds is 7. The predicted octanol–water partition coefficient (Wildman–Crippen LogP) is 3.73. The van der Waals surface area contributed by atoms with Crippen LogP contribution >= 0.6 is 11.8 Å². The number of hydrogen-bond acceptors (Lipinski definition) is 5. The topological polar surface area (TPSA) is 49.8 Å². The van der Waals surface area contributed by atoms with Gasteiger partial charge in [-0.1, -0.05) is 20.3 Å². The van der Waals surface area contributed by atoms with Gasteiger partial charge >= 0.3 is 0 Å². The number of anilines is 2. The fourth-order valence-corrected chi connectivity index (χ4v) is 3.28. The molecule has 0 radical (unpaired) electrons. The molecule has 0 amide bonds. The van der Waals surface area contributed by atoms with E-state index in [0.29, 0.717) is 10.7 Å². The fourth-order valence-electron chi connectivity index (χ4n) is 2.36. The Labute approximate surface area is 126 Å². The zero-order valence-electron chi connectivity index (χ0n) is 13.0. The monoisotopic (exact) mass is 294 g/mol. The molecule has 1 aliphatic carbocycles. The van der Waals surface area contributed by atoms with Crippen LogP contribution in [0.4, 0.5) is 11.6 Å². The van der Waals surface area contributed by atoms with Crippen LogP contribution < -0.4 is 10.6 Å². The smallest absolute Gasteiger partial charge is 0.135 e. The third-order valence-corrected chi connectivity index (χ3v) is 5.33. The Balaban J connectivity index is 2.09. The molecule has 2 rings (SSSR count). The maximum Gasteiger partial charge on any atom is 0.135 e. The molecular weight excluding hydrogens is 268 g/mol. The zero-order valence-corrected chi connectivity index (χ0v) is 13.8. The van der Waals surface area contributed by atoms with E-state index in [2.05, 4.69) is 47.6 Å². The third kappa shape index (κ3) is 3.57. The van der Waals surface area contributed by atoms with Crippen molar-refractivity contribution in [2.45, 2.75) is 50.7 Å². The van der Waals surface area contributed by atoms with Crippen LogP contribution in [0.2, 0.25) is 0 Å². The Morgan fingerprint density at radius 3 is 2.35 bits per heavy atom.